The Labute approximate surface area is 114 Å². The molecular weight excluding hydrogens is 294 g/mol. The lowest BCUT2D eigenvalue weighted by Crippen LogP contribution is -2.24. The number of hydrogen-bond acceptors (Lipinski definition) is 4. The average Bonchev–Trinajstić information content (AvgIpc) is 2.85. The molecule has 0 saturated carbocycles. The van der Waals surface area contributed by atoms with Crippen LogP contribution in [0.3, 0.4) is 0 Å². The number of nitriles is 2. The fraction of sp³-hybridized carbons (Fsp3) is 0.231. The molecule has 18 heavy (non-hydrogen) atoms. The first-order valence-electron chi connectivity index (χ1n) is 5.36. The Balaban J connectivity index is 2.38. The van der Waals surface area contributed by atoms with Crippen molar-refractivity contribution in [3.8, 4) is 12.1 Å². The first-order valence-corrected chi connectivity index (χ1v) is 6.15. The SMILES string of the molecule is N#CCN(C1=C(C#N)COC1)c1ccc(Br)cc1. The molecule has 1 aliphatic heterocycles. The molecule has 0 aliphatic carbocycles. The molecule has 1 aromatic carbocycles. The Bertz CT molecular complexity index is 551. The normalized spacial score (nSPS) is 14.2. The van der Waals surface area contributed by atoms with Crippen LogP contribution in [-0.2, 0) is 4.74 Å². The third kappa shape index (κ3) is 2.53. The van der Waals surface area contributed by atoms with E-state index in [1.807, 2.05) is 29.2 Å². The fourth-order valence-electron chi connectivity index (χ4n) is 1.79. The second-order valence-electron chi connectivity index (χ2n) is 3.75. The molecule has 1 aliphatic rings. The van der Waals surface area contributed by atoms with Gasteiger partial charge in [0.15, 0.2) is 0 Å². The van der Waals surface area contributed by atoms with Crippen LogP contribution < -0.4 is 4.90 Å². The highest BCUT2D eigenvalue weighted by Crippen LogP contribution is 2.26. The van der Waals surface area contributed by atoms with Gasteiger partial charge < -0.3 is 9.64 Å². The van der Waals surface area contributed by atoms with E-state index < -0.39 is 0 Å². The van der Waals surface area contributed by atoms with Crippen LogP contribution in [0.1, 0.15) is 0 Å². The molecule has 0 bridgehead atoms. The highest BCUT2D eigenvalue weighted by atomic mass is 79.9. The summed E-state index contributed by atoms with van der Waals surface area (Å²) < 4.78 is 6.25. The fourth-order valence-corrected chi connectivity index (χ4v) is 2.06. The molecule has 2 rings (SSSR count). The van der Waals surface area contributed by atoms with Crippen molar-refractivity contribution < 1.29 is 4.74 Å². The largest absolute Gasteiger partial charge is 0.370 e. The van der Waals surface area contributed by atoms with Crippen LogP contribution >= 0.6 is 15.9 Å². The van der Waals surface area contributed by atoms with Crippen molar-refractivity contribution in [2.75, 3.05) is 24.7 Å². The molecule has 0 saturated heterocycles. The predicted octanol–water partition coefficient (Wildman–Crippen LogP) is 2.59. The van der Waals surface area contributed by atoms with E-state index in [2.05, 4.69) is 28.1 Å². The minimum absolute atomic E-state index is 0.200. The molecule has 0 N–H and O–H groups in total. The van der Waals surface area contributed by atoms with Crippen molar-refractivity contribution >= 4 is 21.6 Å². The van der Waals surface area contributed by atoms with E-state index in [0.717, 1.165) is 15.9 Å². The number of nitrogens with zero attached hydrogens (tertiary/aromatic N) is 3. The number of halogens is 1. The summed E-state index contributed by atoms with van der Waals surface area (Å²) in [6, 6.07) is 11.9. The highest BCUT2D eigenvalue weighted by Gasteiger charge is 2.21. The van der Waals surface area contributed by atoms with Gasteiger partial charge in [0, 0.05) is 10.2 Å². The molecule has 0 spiro atoms. The lowest BCUT2D eigenvalue weighted by atomic mass is 10.2. The van der Waals surface area contributed by atoms with Gasteiger partial charge >= 0.3 is 0 Å². The van der Waals surface area contributed by atoms with Gasteiger partial charge in [0.25, 0.3) is 0 Å². The summed E-state index contributed by atoms with van der Waals surface area (Å²) in [4.78, 5) is 1.82. The maximum absolute atomic E-state index is 9.04. The van der Waals surface area contributed by atoms with Gasteiger partial charge in [-0.3, -0.25) is 0 Å². The van der Waals surface area contributed by atoms with Crippen LogP contribution in [0.15, 0.2) is 40.0 Å². The van der Waals surface area contributed by atoms with Crippen LogP contribution in [0, 0.1) is 22.7 Å². The van der Waals surface area contributed by atoms with E-state index in [4.69, 9.17) is 15.3 Å². The van der Waals surface area contributed by atoms with Gasteiger partial charge in [-0.2, -0.15) is 10.5 Å². The zero-order valence-electron chi connectivity index (χ0n) is 9.56. The zero-order chi connectivity index (χ0) is 13.0. The van der Waals surface area contributed by atoms with E-state index in [0.29, 0.717) is 18.8 Å². The van der Waals surface area contributed by atoms with Gasteiger partial charge in [-0.25, -0.2) is 0 Å². The summed E-state index contributed by atoms with van der Waals surface area (Å²) in [5.74, 6) is 0. The van der Waals surface area contributed by atoms with Crippen molar-refractivity contribution in [3.63, 3.8) is 0 Å². The highest BCUT2D eigenvalue weighted by molar-refractivity contribution is 9.10. The number of rotatable bonds is 3. The predicted molar refractivity (Wildman–Crippen MR) is 70.6 cm³/mol. The van der Waals surface area contributed by atoms with Gasteiger partial charge in [-0.05, 0) is 24.3 Å². The van der Waals surface area contributed by atoms with E-state index in [9.17, 15) is 0 Å². The van der Waals surface area contributed by atoms with Gasteiger partial charge in [-0.15, -0.1) is 0 Å². The Morgan fingerprint density at radius 2 is 1.94 bits per heavy atom. The lowest BCUT2D eigenvalue weighted by Gasteiger charge is -2.22. The second kappa shape index (κ2) is 5.68. The summed E-state index contributed by atoms with van der Waals surface area (Å²) in [7, 11) is 0. The standard InChI is InChI=1S/C13H10BrN3O/c14-11-1-3-12(4-2-11)17(6-5-15)13-9-18-8-10(13)7-16/h1-4H,6,8-9H2. The van der Waals surface area contributed by atoms with Crippen LogP contribution in [0.2, 0.25) is 0 Å². The monoisotopic (exact) mass is 303 g/mol. The number of benzene rings is 1. The van der Waals surface area contributed by atoms with Crippen molar-refractivity contribution in [1.29, 1.82) is 10.5 Å². The van der Waals surface area contributed by atoms with E-state index in [-0.39, 0.29) is 6.54 Å². The van der Waals surface area contributed by atoms with E-state index >= 15 is 0 Å². The van der Waals surface area contributed by atoms with E-state index in [1.165, 1.54) is 0 Å². The van der Waals surface area contributed by atoms with Crippen molar-refractivity contribution in [1.82, 2.24) is 0 Å². The van der Waals surface area contributed by atoms with Crippen LogP contribution in [0.5, 0.6) is 0 Å². The molecule has 0 atom stereocenters. The Morgan fingerprint density at radius 1 is 1.22 bits per heavy atom. The van der Waals surface area contributed by atoms with E-state index in [1.54, 1.807) is 0 Å². The van der Waals surface area contributed by atoms with Crippen LogP contribution in [0.25, 0.3) is 0 Å². The summed E-state index contributed by atoms with van der Waals surface area (Å²) in [6.45, 7) is 0.899. The molecule has 4 nitrogen and oxygen atoms in total. The van der Waals surface area contributed by atoms with Gasteiger partial charge in [0.05, 0.1) is 36.6 Å². The number of anilines is 1. The molecule has 1 aromatic rings. The van der Waals surface area contributed by atoms with Gasteiger partial charge in [0.2, 0.25) is 0 Å². The molecule has 0 amide bonds. The average molecular weight is 304 g/mol. The number of hydrogen-bond donors (Lipinski definition) is 0. The van der Waals surface area contributed by atoms with Crippen molar-refractivity contribution in [2.24, 2.45) is 0 Å². The first kappa shape index (κ1) is 12.6. The smallest absolute Gasteiger partial charge is 0.110 e. The third-order valence-electron chi connectivity index (χ3n) is 2.66. The van der Waals surface area contributed by atoms with Crippen molar-refractivity contribution in [3.05, 3.63) is 40.0 Å². The van der Waals surface area contributed by atoms with Gasteiger partial charge in [-0.1, -0.05) is 15.9 Å². The Kier molecular flexibility index (Phi) is 3.99. The molecule has 0 unspecified atom stereocenters. The topological polar surface area (TPSA) is 60.0 Å². The van der Waals surface area contributed by atoms with Gasteiger partial charge in [0.1, 0.15) is 6.54 Å². The summed E-state index contributed by atoms with van der Waals surface area (Å²) in [5.41, 5.74) is 2.25. The summed E-state index contributed by atoms with van der Waals surface area (Å²) in [6.07, 6.45) is 0. The molecule has 90 valence electrons. The zero-order valence-corrected chi connectivity index (χ0v) is 11.1. The minimum atomic E-state index is 0.200. The Morgan fingerprint density at radius 3 is 2.56 bits per heavy atom. The molecule has 1 heterocycles. The van der Waals surface area contributed by atoms with Crippen LogP contribution in [0.4, 0.5) is 5.69 Å². The second-order valence-corrected chi connectivity index (χ2v) is 4.67. The summed E-state index contributed by atoms with van der Waals surface area (Å²) >= 11 is 3.37. The molecule has 5 heteroatoms. The molecule has 0 radical (unpaired) electrons. The number of ether oxygens (including phenoxy) is 1. The summed E-state index contributed by atoms with van der Waals surface area (Å²) in [5, 5.41) is 18.0. The molecule has 0 aromatic heterocycles. The maximum atomic E-state index is 9.04. The molecule has 0 fully saturated rings. The third-order valence-corrected chi connectivity index (χ3v) is 3.19. The minimum Gasteiger partial charge on any atom is -0.370 e. The quantitative estimate of drug-likeness (QED) is 0.805. The first-order chi connectivity index (χ1) is 8.76. The molecular formula is C13H10BrN3O. The van der Waals surface area contributed by atoms with Crippen molar-refractivity contribution in [2.45, 2.75) is 0 Å². The van der Waals surface area contributed by atoms with Crippen LogP contribution in [-0.4, -0.2) is 19.8 Å². The maximum Gasteiger partial charge on any atom is 0.110 e. The lowest BCUT2D eigenvalue weighted by molar-refractivity contribution is 0.205. The Hall–Kier alpha value is -1.82.